The van der Waals surface area contributed by atoms with E-state index in [4.69, 9.17) is 4.74 Å². The number of carbonyl (C=O) groups is 2. The Hall–Kier alpha value is -3.86. The van der Waals surface area contributed by atoms with Crippen molar-refractivity contribution in [1.82, 2.24) is 0 Å². The highest BCUT2D eigenvalue weighted by Crippen LogP contribution is 2.39. The third-order valence-electron chi connectivity index (χ3n) is 6.07. The van der Waals surface area contributed by atoms with E-state index in [0.29, 0.717) is 17.0 Å². The van der Waals surface area contributed by atoms with Crippen molar-refractivity contribution in [2.24, 2.45) is 0 Å². The van der Waals surface area contributed by atoms with E-state index in [1.54, 1.807) is 18.2 Å². The molecule has 0 spiro atoms. The number of benzene rings is 3. The topological polar surface area (TPSA) is 58.6 Å². The summed E-state index contributed by atoms with van der Waals surface area (Å²) >= 11 is 0. The van der Waals surface area contributed by atoms with Crippen molar-refractivity contribution >= 4 is 28.8 Å². The largest absolute Gasteiger partial charge is 0.489 e. The molecule has 0 radical (unpaired) electrons. The Morgan fingerprint density at radius 2 is 1.56 bits per heavy atom. The summed E-state index contributed by atoms with van der Waals surface area (Å²) in [4.78, 5) is 29.0. The molecule has 5 heteroatoms. The van der Waals surface area contributed by atoms with Gasteiger partial charge in [0, 0.05) is 5.69 Å². The fraction of sp³-hybridized carbons (Fsp3) is 0.241. The molecule has 34 heavy (non-hydrogen) atoms. The Kier molecular flexibility index (Phi) is 6.29. The number of hydrogen-bond acceptors (Lipinski definition) is 4. The predicted molar refractivity (Wildman–Crippen MR) is 137 cm³/mol. The van der Waals surface area contributed by atoms with Crippen molar-refractivity contribution in [3.63, 3.8) is 0 Å². The van der Waals surface area contributed by atoms with Crippen LogP contribution in [0.5, 0.6) is 5.75 Å². The minimum Gasteiger partial charge on any atom is -0.489 e. The van der Waals surface area contributed by atoms with Gasteiger partial charge in [-0.05, 0) is 82.0 Å². The molecular weight excluding hydrogens is 424 g/mol. The molecule has 2 amide bonds. The van der Waals surface area contributed by atoms with Crippen LogP contribution >= 0.6 is 0 Å². The molecule has 1 heterocycles. The van der Waals surface area contributed by atoms with Crippen LogP contribution in [-0.2, 0) is 9.59 Å². The average Bonchev–Trinajstić information content (AvgIpc) is 3.01. The lowest BCUT2D eigenvalue weighted by atomic mass is 9.97. The molecule has 3 aromatic carbocycles. The summed E-state index contributed by atoms with van der Waals surface area (Å²) < 4.78 is 5.94. The monoisotopic (exact) mass is 454 g/mol. The summed E-state index contributed by atoms with van der Waals surface area (Å²) in [6.07, 6.45) is -0.103. The number of anilines is 2. The molecule has 1 aliphatic rings. The van der Waals surface area contributed by atoms with Gasteiger partial charge in [-0.3, -0.25) is 9.59 Å². The third-order valence-corrected chi connectivity index (χ3v) is 6.07. The second kappa shape index (κ2) is 9.18. The zero-order valence-electron chi connectivity index (χ0n) is 20.5. The maximum absolute atomic E-state index is 13.9. The third kappa shape index (κ3) is 4.21. The molecule has 0 saturated carbocycles. The van der Waals surface area contributed by atoms with Gasteiger partial charge in [-0.25, -0.2) is 4.90 Å². The van der Waals surface area contributed by atoms with E-state index in [-0.39, 0.29) is 17.7 Å². The van der Waals surface area contributed by atoms with Crippen LogP contribution in [0, 0.1) is 27.7 Å². The van der Waals surface area contributed by atoms with Gasteiger partial charge in [0.25, 0.3) is 11.8 Å². The molecule has 3 aromatic rings. The highest BCUT2D eigenvalue weighted by molar-refractivity contribution is 6.46. The number of amides is 2. The number of ether oxygens (including phenoxy) is 1. The molecule has 1 aliphatic heterocycles. The molecule has 0 fully saturated rings. The van der Waals surface area contributed by atoms with E-state index in [2.05, 4.69) is 5.32 Å². The SMILES string of the molecule is Cc1ccc(C2=C(Nc3cccc(C)c3C)C(=O)N(c3ccccc3OC(C)C)C2=O)c(C)c1. The normalized spacial score (nSPS) is 13.8. The Morgan fingerprint density at radius 3 is 2.26 bits per heavy atom. The zero-order chi connectivity index (χ0) is 24.6. The van der Waals surface area contributed by atoms with Gasteiger partial charge in [-0.1, -0.05) is 48.0 Å². The lowest BCUT2D eigenvalue weighted by Crippen LogP contribution is -2.33. The quantitative estimate of drug-likeness (QED) is 0.457. The van der Waals surface area contributed by atoms with E-state index in [0.717, 1.165) is 33.5 Å². The lowest BCUT2D eigenvalue weighted by Gasteiger charge is -2.21. The molecule has 0 bridgehead atoms. The van der Waals surface area contributed by atoms with Gasteiger partial charge in [0.2, 0.25) is 0 Å². The van der Waals surface area contributed by atoms with Gasteiger partial charge in [-0.2, -0.15) is 0 Å². The Morgan fingerprint density at radius 1 is 0.824 bits per heavy atom. The van der Waals surface area contributed by atoms with Gasteiger partial charge in [0.15, 0.2) is 0 Å². The Bertz CT molecular complexity index is 1320. The maximum Gasteiger partial charge on any atom is 0.282 e. The van der Waals surface area contributed by atoms with Crippen LogP contribution in [-0.4, -0.2) is 17.9 Å². The van der Waals surface area contributed by atoms with Crippen LogP contribution in [0.3, 0.4) is 0 Å². The summed E-state index contributed by atoms with van der Waals surface area (Å²) in [5.74, 6) is -0.280. The minimum absolute atomic E-state index is 0.103. The predicted octanol–water partition coefficient (Wildman–Crippen LogP) is 6.10. The molecule has 0 unspecified atom stereocenters. The van der Waals surface area contributed by atoms with Crippen molar-refractivity contribution in [1.29, 1.82) is 0 Å². The van der Waals surface area contributed by atoms with Gasteiger partial charge < -0.3 is 10.1 Å². The molecule has 1 N–H and O–H groups in total. The first kappa shape index (κ1) is 23.3. The smallest absolute Gasteiger partial charge is 0.282 e. The molecule has 0 aliphatic carbocycles. The molecular formula is C29H30N2O3. The van der Waals surface area contributed by atoms with Gasteiger partial charge in [0.05, 0.1) is 17.4 Å². The molecule has 0 atom stereocenters. The first-order valence-electron chi connectivity index (χ1n) is 11.5. The van der Waals surface area contributed by atoms with Gasteiger partial charge in [0.1, 0.15) is 11.4 Å². The molecule has 174 valence electrons. The second-order valence-electron chi connectivity index (χ2n) is 9.02. The van der Waals surface area contributed by atoms with Crippen LogP contribution in [0.15, 0.2) is 66.4 Å². The molecule has 4 rings (SSSR count). The highest BCUT2D eigenvalue weighted by atomic mass is 16.5. The van der Waals surface area contributed by atoms with E-state index in [1.807, 2.05) is 84.0 Å². The Labute approximate surface area is 201 Å². The maximum atomic E-state index is 13.9. The van der Waals surface area contributed by atoms with Crippen molar-refractivity contribution in [3.05, 3.63) is 94.2 Å². The number of imide groups is 1. The molecule has 5 nitrogen and oxygen atoms in total. The summed E-state index contributed by atoms with van der Waals surface area (Å²) in [7, 11) is 0. The van der Waals surface area contributed by atoms with Crippen molar-refractivity contribution in [2.75, 3.05) is 10.2 Å². The van der Waals surface area contributed by atoms with Crippen molar-refractivity contribution in [3.8, 4) is 5.75 Å². The fourth-order valence-electron chi connectivity index (χ4n) is 4.23. The highest BCUT2D eigenvalue weighted by Gasteiger charge is 2.42. The number of rotatable bonds is 6. The number of hydrogen-bond donors (Lipinski definition) is 1. The minimum atomic E-state index is -0.402. The summed E-state index contributed by atoms with van der Waals surface area (Å²) in [5.41, 5.74) is 6.76. The van der Waals surface area contributed by atoms with E-state index >= 15 is 0 Å². The number of aryl methyl sites for hydroxylation is 3. The fourth-order valence-corrected chi connectivity index (χ4v) is 4.23. The first-order chi connectivity index (χ1) is 16.2. The van der Waals surface area contributed by atoms with E-state index in [1.165, 1.54) is 4.90 Å². The van der Waals surface area contributed by atoms with Gasteiger partial charge in [-0.15, -0.1) is 0 Å². The lowest BCUT2D eigenvalue weighted by molar-refractivity contribution is -0.120. The van der Waals surface area contributed by atoms with Crippen LogP contribution in [0.4, 0.5) is 11.4 Å². The second-order valence-corrected chi connectivity index (χ2v) is 9.02. The van der Waals surface area contributed by atoms with Gasteiger partial charge >= 0.3 is 0 Å². The zero-order valence-corrected chi connectivity index (χ0v) is 20.5. The summed E-state index contributed by atoms with van der Waals surface area (Å²) in [6, 6.07) is 18.9. The number of nitrogens with zero attached hydrogens (tertiary/aromatic N) is 1. The van der Waals surface area contributed by atoms with Crippen molar-refractivity contribution in [2.45, 2.75) is 47.6 Å². The summed E-state index contributed by atoms with van der Waals surface area (Å²) in [6.45, 7) is 11.8. The average molecular weight is 455 g/mol. The number of para-hydroxylation sites is 2. The van der Waals surface area contributed by atoms with E-state index in [9.17, 15) is 9.59 Å². The Balaban J connectivity index is 1.89. The molecule has 0 saturated heterocycles. The summed E-state index contributed by atoms with van der Waals surface area (Å²) in [5, 5.41) is 3.31. The van der Waals surface area contributed by atoms with Crippen LogP contribution in [0.25, 0.3) is 5.57 Å². The van der Waals surface area contributed by atoms with Crippen LogP contribution in [0.1, 0.15) is 41.7 Å². The van der Waals surface area contributed by atoms with Crippen molar-refractivity contribution < 1.29 is 14.3 Å². The molecule has 0 aromatic heterocycles. The standard InChI is InChI=1S/C29H30N2O3/c1-17(2)34-25-13-8-7-12-24(25)31-28(32)26(22-15-14-18(3)16-20(22)5)27(29(31)33)30-23-11-9-10-19(4)21(23)6/h7-17,30H,1-6H3. The van der Waals surface area contributed by atoms with Crippen LogP contribution < -0.4 is 15.0 Å². The number of carbonyl (C=O) groups excluding carboxylic acids is 2. The van der Waals surface area contributed by atoms with E-state index < -0.39 is 5.91 Å². The first-order valence-corrected chi connectivity index (χ1v) is 11.5. The number of nitrogens with one attached hydrogen (secondary N) is 1. The van der Waals surface area contributed by atoms with Crippen LogP contribution in [0.2, 0.25) is 0 Å².